The number of carbonyl (C=O) groups is 1. The minimum Gasteiger partial charge on any atom is -0.465 e. The molecule has 1 heterocycles. The fourth-order valence-electron chi connectivity index (χ4n) is 2.13. The Kier molecular flexibility index (Phi) is 3.62. The van der Waals surface area contributed by atoms with Crippen LogP contribution in [0.3, 0.4) is 0 Å². The van der Waals surface area contributed by atoms with E-state index in [0.29, 0.717) is 5.56 Å². The Bertz CT molecular complexity index is 640. The normalized spacial score (nSPS) is 13.2. The van der Waals surface area contributed by atoms with Crippen LogP contribution < -0.4 is 8.91 Å². The zero-order chi connectivity index (χ0) is 13.9. The lowest BCUT2D eigenvalue weighted by molar-refractivity contribution is 0.0601. The van der Waals surface area contributed by atoms with Gasteiger partial charge in [0.1, 0.15) is 12.2 Å². The minimum atomic E-state index is -0.331. The third-order valence-electron chi connectivity index (χ3n) is 3.16. The van der Waals surface area contributed by atoms with E-state index >= 15 is 0 Å². The molecule has 1 aliphatic rings. The number of hydrogen-bond donors (Lipinski definition) is 1. The van der Waals surface area contributed by atoms with Crippen LogP contribution in [0, 0.1) is 0 Å². The summed E-state index contributed by atoms with van der Waals surface area (Å²) >= 11 is 1.23. The van der Waals surface area contributed by atoms with Crippen molar-refractivity contribution in [3.8, 4) is 16.9 Å². The molecule has 1 N–H and O–H groups in total. The molecule has 0 aliphatic carbocycles. The van der Waals surface area contributed by atoms with Crippen molar-refractivity contribution in [2.24, 2.45) is 0 Å². The molecule has 1 aliphatic heterocycles. The number of fused-ring (bicyclic) bond motifs is 1. The van der Waals surface area contributed by atoms with Crippen molar-refractivity contribution in [3.05, 3.63) is 53.6 Å². The number of carbonyl (C=O) groups excluding carboxylic acids is 1. The van der Waals surface area contributed by atoms with Crippen LogP contribution in [0.25, 0.3) is 11.1 Å². The van der Waals surface area contributed by atoms with Crippen molar-refractivity contribution in [2.75, 3.05) is 7.11 Å². The van der Waals surface area contributed by atoms with Gasteiger partial charge in [-0.1, -0.05) is 30.3 Å². The molecule has 0 atom stereocenters. The summed E-state index contributed by atoms with van der Waals surface area (Å²) in [6.45, 7) is 0.772. The number of esters is 1. The van der Waals surface area contributed by atoms with Gasteiger partial charge in [0.25, 0.3) is 0 Å². The number of ether oxygens (including phenoxy) is 1. The number of hydrogen-bond acceptors (Lipinski definition) is 5. The molecular formula is C15H13NO3S. The number of benzene rings is 2. The molecule has 0 bridgehead atoms. The molecule has 102 valence electrons. The lowest BCUT2D eigenvalue weighted by Gasteiger charge is -2.19. The molecule has 2 aromatic rings. The molecule has 0 saturated heterocycles. The SMILES string of the molecule is COC(=O)c1ccc(-c2cccc3c2OSNC3)cc1. The lowest BCUT2D eigenvalue weighted by atomic mass is 10.0. The van der Waals surface area contributed by atoms with Gasteiger partial charge in [0.2, 0.25) is 0 Å². The van der Waals surface area contributed by atoms with Crippen molar-refractivity contribution >= 4 is 18.2 Å². The van der Waals surface area contributed by atoms with Crippen LogP contribution in [-0.4, -0.2) is 13.1 Å². The highest BCUT2D eigenvalue weighted by atomic mass is 32.2. The second-order valence-corrected chi connectivity index (χ2v) is 4.97. The Morgan fingerprint density at radius 2 is 2.05 bits per heavy atom. The Labute approximate surface area is 121 Å². The summed E-state index contributed by atoms with van der Waals surface area (Å²) in [4.78, 5) is 11.4. The summed E-state index contributed by atoms with van der Waals surface area (Å²) < 4.78 is 13.4. The van der Waals surface area contributed by atoms with Crippen LogP contribution >= 0.6 is 12.2 Å². The summed E-state index contributed by atoms with van der Waals surface area (Å²) in [5.74, 6) is 0.546. The van der Waals surface area contributed by atoms with Gasteiger partial charge in [0.15, 0.2) is 5.75 Å². The molecule has 0 aromatic heterocycles. The Balaban J connectivity index is 1.99. The van der Waals surface area contributed by atoms with Gasteiger partial charge in [-0.15, -0.1) is 0 Å². The van der Waals surface area contributed by atoms with E-state index in [1.54, 1.807) is 12.1 Å². The van der Waals surface area contributed by atoms with Gasteiger partial charge in [-0.2, -0.15) is 0 Å². The number of rotatable bonds is 2. The van der Waals surface area contributed by atoms with Crippen LogP contribution in [0.1, 0.15) is 15.9 Å². The zero-order valence-electron chi connectivity index (χ0n) is 10.9. The molecule has 4 nitrogen and oxygen atoms in total. The van der Waals surface area contributed by atoms with Gasteiger partial charge in [-0.25, -0.2) is 9.52 Å². The highest BCUT2D eigenvalue weighted by molar-refractivity contribution is 7.93. The highest BCUT2D eigenvalue weighted by Gasteiger charge is 2.16. The summed E-state index contributed by atoms with van der Waals surface area (Å²) in [5, 5.41) is 0. The molecule has 2 aromatic carbocycles. The highest BCUT2D eigenvalue weighted by Crippen LogP contribution is 2.37. The number of methoxy groups -OCH3 is 1. The first-order valence-electron chi connectivity index (χ1n) is 6.16. The van der Waals surface area contributed by atoms with E-state index < -0.39 is 0 Å². The topological polar surface area (TPSA) is 47.6 Å². The van der Waals surface area contributed by atoms with Gasteiger partial charge in [0.05, 0.1) is 12.7 Å². The van der Waals surface area contributed by atoms with Crippen LogP contribution in [0.15, 0.2) is 42.5 Å². The van der Waals surface area contributed by atoms with E-state index in [4.69, 9.17) is 8.92 Å². The molecule has 0 radical (unpaired) electrons. The largest absolute Gasteiger partial charge is 0.465 e. The minimum absolute atomic E-state index is 0.331. The van der Waals surface area contributed by atoms with Crippen molar-refractivity contribution in [3.63, 3.8) is 0 Å². The smallest absolute Gasteiger partial charge is 0.337 e. The van der Waals surface area contributed by atoms with Gasteiger partial charge in [0, 0.05) is 17.7 Å². The van der Waals surface area contributed by atoms with Gasteiger partial charge in [-0.3, -0.25) is 0 Å². The van der Waals surface area contributed by atoms with Crippen molar-refractivity contribution in [1.82, 2.24) is 4.72 Å². The zero-order valence-corrected chi connectivity index (χ0v) is 11.7. The van der Waals surface area contributed by atoms with E-state index in [0.717, 1.165) is 29.0 Å². The van der Waals surface area contributed by atoms with Crippen LogP contribution in [0.2, 0.25) is 0 Å². The molecule has 3 rings (SSSR count). The maximum Gasteiger partial charge on any atom is 0.337 e. The van der Waals surface area contributed by atoms with Crippen LogP contribution in [0.4, 0.5) is 0 Å². The molecule has 0 fully saturated rings. The third kappa shape index (κ3) is 2.37. The van der Waals surface area contributed by atoms with Crippen LogP contribution in [0.5, 0.6) is 5.75 Å². The molecular weight excluding hydrogens is 274 g/mol. The van der Waals surface area contributed by atoms with Gasteiger partial charge >= 0.3 is 5.97 Å². The monoisotopic (exact) mass is 287 g/mol. The average Bonchev–Trinajstić information content (AvgIpc) is 2.54. The lowest BCUT2D eigenvalue weighted by Crippen LogP contribution is -2.12. The maximum absolute atomic E-state index is 11.4. The second-order valence-electron chi connectivity index (χ2n) is 4.35. The first-order chi connectivity index (χ1) is 9.79. The van der Waals surface area contributed by atoms with E-state index in [1.165, 1.54) is 19.3 Å². The molecule has 0 spiro atoms. The number of nitrogens with one attached hydrogen (secondary N) is 1. The van der Waals surface area contributed by atoms with E-state index in [2.05, 4.69) is 4.72 Å². The Morgan fingerprint density at radius 1 is 1.25 bits per heavy atom. The predicted molar refractivity (Wildman–Crippen MR) is 78.3 cm³/mol. The van der Waals surface area contributed by atoms with E-state index in [9.17, 15) is 4.79 Å². The molecule has 0 amide bonds. The summed E-state index contributed by atoms with van der Waals surface area (Å²) in [6.07, 6.45) is 0. The van der Waals surface area contributed by atoms with Crippen molar-refractivity contribution < 1.29 is 13.7 Å². The first-order valence-corrected chi connectivity index (χ1v) is 6.91. The maximum atomic E-state index is 11.4. The molecule has 0 saturated carbocycles. The van der Waals surface area contributed by atoms with E-state index in [1.807, 2.05) is 30.3 Å². The van der Waals surface area contributed by atoms with Crippen molar-refractivity contribution in [1.29, 1.82) is 0 Å². The summed E-state index contributed by atoms with van der Waals surface area (Å²) in [5.41, 5.74) is 3.70. The Hall–Kier alpha value is -1.98. The third-order valence-corrected chi connectivity index (χ3v) is 3.67. The predicted octanol–water partition coefficient (Wildman–Crippen LogP) is 3.19. The van der Waals surface area contributed by atoms with E-state index in [-0.39, 0.29) is 5.97 Å². The fraction of sp³-hybridized carbons (Fsp3) is 0.133. The molecule has 0 unspecified atom stereocenters. The molecule has 20 heavy (non-hydrogen) atoms. The van der Waals surface area contributed by atoms with Gasteiger partial charge in [-0.05, 0) is 17.7 Å². The average molecular weight is 287 g/mol. The standard InChI is InChI=1S/C15H13NO3S/c1-18-15(17)11-7-5-10(6-8-11)13-4-2-3-12-9-16-20-19-14(12)13/h2-8,16H,9H2,1H3. The van der Waals surface area contributed by atoms with Crippen LogP contribution in [-0.2, 0) is 11.3 Å². The summed E-state index contributed by atoms with van der Waals surface area (Å²) in [6, 6.07) is 13.4. The fourth-order valence-corrected chi connectivity index (χ4v) is 2.69. The Morgan fingerprint density at radius 3 is 2.80 bits per heavy atom. The van der Waals surface area contributed by atoms with Gasteiger partial charge < -0.3 is 8.92 Å². The quantitative estimate of drug-likeness (QED) is 0.522. The number of para-hydroxylation sites is 1. The molecule has 5 heteroatoms. The summed E-state index contributed by atoms with van der Waals surface area (Å²) in [7, 11) is 1.38. The van der Waals surface area contributed by atoms with Crippen molar-refractivity contribution in [2.45, 2.75) is 6.54 Å². The first kappa shape index (κ1) is 13.0. The second kappa shape index (κ2) is 5.56.